The molecule has 0 aromatic heterocycles. The summed E-state index contributed by atoms with van der Waals surface area (Å²) in [5.74, 6) is 2.34. The predicted octanol–water partition coefficient (Wildman–Crippen LogP) is 3.49. The summed E-state index contributed by atoms with van der Waals surface area (Å²) < 4.78 is 5.54. The second-order valence-electron chi connectivity index (χ2n) is 5.46. The number of hydrogen-bond donors (Lipinski definition) is 1. The van der Waals surface area contributed by atoms with Crippen LogP contribution in [0.15, 0.2) is 18.2 Å². The minimum Gasteiger partial charge on any atom is -0.496 e. The lowest BCUT2D eigenvalue weighted by molar-refractivity contribution is 0.402. The lowest BCUT2D eigenvalue weighted by Crippen LogP contribution is -2.14. The van der Waals surface area contributed by atoms with E-state index in [1.807, 2.05) is 0 Å². The molecular weight excluding hydrogens is 210 g/mol. The van der Waals surface area contributed by atoms with Crippen LogP contribution < -0.4 is 10.1 Å². The van der Waals surface area contributed by atoms with E-state index in [0.717, 1.165) is 18.2 Å². The summed E-state index contributed by atoms with van der Waals surface area (Å²) in [6, 6.07) is 7.10. The lowest BCUT2D eigenvalue weighted by atomic mass is 9.96. The third-order valence-electron chi connectivity index (χ3n) is 3.65. The van der Waals surface area contributed by atoms with E-state index < -0.39 is 0 Å². The maximum atomic E-state index is 5.54. The van der Waals surface area contributed by atoms with Crippen molar-refractivity contribution in [1.82, 2.24) is 5.32 Å². The van der Waals surface area contributed by atoms with Gasteiger partial charge in [-0.1, -0.05) is 32.9 Å². The highest BCUT2D eigenvalue weighted by Gasteiger charge is 2.24. The summed E-state index contributed by atoms with van der Waals surface area (Å²) in [7, 11) is 1.77. The van der Waals surface area contributed by atoms with Crippen molar-refractivity contribution >= 4 is 0 Å². The Kier molecular flexibility index (Phi) is 3.72. The van der Waals surface area contributed by atoms with Crippen LogP contribution in [0.2, 0.25) is 0 Å². The van der Waals surface area contributed by atoms with Crippen LogP contribution in [-0.2, 0) is 0 Å². The highest BCUT2D eigenvalue weighted by Crippen LogP contribution is 2.34. The van der Waals surface area contributed by atoms with E-state index in [9.17, 15) is 0 Å². The SMILES string of the molecule is COc1cc(C(C)C)ccc1[C@@H]1C[C@@H](C)CN1. The molecule has 2 atom stereocenters. The van der Waals surface area contributed by atoms with E-state index >= 15 is 0 Å². The first-order valence-electron chi connectivity index (χ1n) is 6.53. The molecule has 0 amide bonds. The van der Waals surface area contributed by atoms with Gasteiger partial charge in [0.2, 0.25) is 0 Å². The molecule has 2 rings (SSSR count). The largest absolute Gasteiger partial charge is 0.496 e. The molecule has 2 heteroatoms. The normalized spacial score (nSPS) is 24.3. The Morgan fingerprint density at radius 1 is 1.35 bits per heavy atom. The first kappa shape index (κ1) is 12.4. The first-order chi connectivity index (χ1) is 8.11. The second kappa shape index (κ2) is 5.09. The van der Waals surface area contributed by atoms with Crippen molar-refractivity contribution in [1.29, 1.82) is 0 Å². The van der Waals surface area contributed by atoms with Crippen LogP contribution in [0.5, 0.6) is 5.75 Å². The monoisotopic (exact) mass is 233 g/mol. The molecule has 1 N–H and O–H groups in total. The smallest absolute Gasteiger partial charge is 0.123 e. The Morgan fingerprint density at radius 2 is 2.12 bits per heavy atom. The van der Waals surface area contributed by atoms with Gasteiger partial charge in [0.1, 0.15) is 5.75 Å². The number of methoxy groups -OCH3 is 1. The van der Waals surface area contributed by atoms with E-state index in [1.165, 1.54) is 17.5 Å². The zero-order valence-electron chi connectivity index (χ0n) is 11.3. The molecule has 1 heterocycles. The van der Waals surface area contributed by atoms with Gasteiger partial charge in [0.25, 0.3) is 0 Å². The fourth-order valence-electron chi connectivity index (χ4n) is 2.52. The minimum atomic E-state index is 0.459. The summed E-state index contributed by atoms with van der Waals surface area (Å²) in [6.45, 7) is 7.83. The van der Waals surface area contributed by atoms with E-state index in [0.29, 0.717) is 12.0 Å². The average Bonchev–Trinajstić information content (AvgIpc) is 2.74. The van der Waals surface area contributed by atoms with Gasteiger partial charge in [0.15, 0.2) is 0 Å². The lowest BCUT2D eigenvalue weighted by Gasteiger charge is -2.17. The quantitative estimate of drug-likeness (QED) is 0.863. The molecule has 1 saturated heterocycles. The molecule has 2 nitrogen and oxygen atoms in total. The summed E-state index contributed by atoms with van der Waals surface area (Å²) in [5.41, 5.74) is 2.65. The van der Waals surface area contributed by atoms with Crippen LogP contribution >= 0.6 is 0 Å². The Balaban J connectivity index is 2.28. The zero-order valence-corrected chi connectivity index (χ0v) is 11.3. The van der Waals surface area contributed by atoms with Gasteiger partial charge in [-0.2, -0.15) is 0 Å². The van der Waals surface area contributed by atoms with Gasteiger partial charge in [-0.3, -0.25) is 0 Å². The third kappa shape index (κ3) is 2.63. The zero-order chi connectivity index (χ0) is 12.4. The Bertz CT molecular complexity index is 387. The molecule has 0 bridgehead atoms. The van der Waals surface area contributed by atoms with Crippen molar-refractivity contribution in [3.8, 4) is 5.75 Å². The second-order valence-corrected chi connectivity index (χ2v) is 5.46. The number of nitrogens with one attached hydrogen (secondary N) is 1. The molecule has 0 spiro atoms. The van der Waals surface area contributed by atoms with Crippen LogP contribution in [0.25, 0.3) is 0 Å². The van der Waals surface area contributed by atoms with Crippen LogP contribution in [0.1, 0.15) is 50.3 Å². The molecule has 94 valence electrons. The van der Waals surface area contributed by atoms with E-state index in [-0.39, 0.29) is 0 Å². The highest BCUT2D eigenvalue weighted by atomic mass is 16.5. The van der Waals surface area contributed by atoms with Crippen LogP contribution in [0.3, 0.4) is 0 Å². The summed E-state index contributed by atoms with van der Waals surface area (Å²) in [5, 5.41) is 3.57. The van der Waals surface area contributed by atoms with Gasteiger partial charge < -0.3 is 10.1 Å². The molecule has 0 radical (unpaired) electrons. The van der Waals surface area contributed by atoms with Crippen molar-refractivity contribution in [2.45, 2.75) is 39.2 Å². The molecule has 1 aliphatic heterocycles. The third-order valence-corrected chi connectivity index (χ3v) is 3.65. The molecule has 1 aromatic rings. The van der Waals surface area contributed by atoms with Crippen LogP contribution in [0, 0.1) is 5.92 Å². The number of ether oxygens (including phenoxy) is 1. The number of hydrogen-bond acceptors (Lipinski definition) is 2. The molecule has 1 aliphatic rings. The molecule has 1 aromatic carbocycles. The standard InChI is InChI=1S/C15H23NO/c1-10(2)12-5-6-13(15(8-12)17-4)14-7-11(3)9-16-14/h5-6,8,10-11,14,16H,7,9H2,1-4H3/t11-,14+/m1/s1. The molecule has 0 saturated carbocycles. The predicted molar refractivity (Wildman–Crippen MR) is 71.6 cm³/mol. The molecular formula is C15H23NO. The Hall–Kier alpha value is -1.02. The molecule has 0 unspecified atom stereocenters. The first-order valence-corrected chi connectivity index (χ1v) is 6.53. The van der Waals surface area contributed by atoms with Gasteiger partial charge in [-0.15, -0.1) is 0 Å². The molecule has 17 heavy (non-hydrogen) atoms. The van der Waals surface area contributed by atoms with E-state index in [1.54, 1.807) is 7.11 Å². The fraction of sp³-hybridized carbons (Fsp3) is 0.600. The average molecular weight is 233 g/mol. The minimum absolute atomic E-state index is 0.459. The van der Waals surface area contributed by atoms with Crippen molar-refractivity contribution in [2.24, 2.45) is 5.92 Å². The number of rotatable bonds is 3. The molecule has 0 aliphatic carbocycles. The maximum Gasteiger partial charge on any atom is 0.123 e. The summed E-state index contributed by atoms with van der Waals surface area (Å²) in [4.78, 5) is 0. The molecule has 1 fully saturated rings. The summed E-state index contributed by atoms with van der Waals surface area (Å²) >= 11 is 0. The van der Waals surface area contributed by atoms with Crippen molar-refractivity contribution < 1.29 is 4.74 Å². The fourth-order valence-corrected chi connectivity index (χ4v) is 2.52. The Morgan fingerprint density at radius 3 is 2.65 bits per heavy atom. The van der Waals surface area contributed by atoms with Crippen molar-refractivity contribution in [2.75, 3.05) is 13.7 Å². The highest BCUT2D eigenvalue weighted by molar-refractivity contribution is 5.41. The van der Waals surface area contributed by atoms with Gasteiger partial charge >= 0.3 is 0 Å². The van der Waals surface area contributed by atoms with Gasteiger partial charge in [0.05, 0.1) is 7.11 Å². The van der Waals surface area contributed by atoms with E-state index in [4.69, 9.17) is 4.74 Å². The van der Waals surface area contributed by atoms with Crippen molar-refractivity contribution in [3.05, 3.63) is 29.3 Å². The topological polar surface area (TPSA) is 21.3 Å². The number of benzene rings is 1. The van der Waals surface area contributed by atoms with E-state index in [2.05, 4.69) is 44.3 Å². The van der Waals surface area contributed by atoms with Crippen LogP contribution in [0.4, 0.5) is 0 Å². The van der Waals surface area contributed by atoms with Crippen LogP contribution in [-0.4, -0.2) is 13.7 Å². The van der Waals surface area contributed by atoms with Gasteiger partial charge in [0, 0.05) is 11.6 Å². The van der Waals surface area contributed by atoms with Crippen molar-refractivity contribution in [3.63, 3.8) is 0 Å². The van der Waals surface area contributed by atoms with Gasteiger partial charge in [-0.25, -0.2) is 0 Å². The Labute approximate surface area is 104 Å². The summed E-state index contributed by atoms with van der Waals surface area (Å²) in [6.07, 6.45) is 1.21. The maximum absolute atomic E-state index is 5.54. The van der Waals surface area contributed by atoms with Gasteiger partial charge in [-0.05, 0) is 36.4 Å².